The van der Waals surface area contributed by atoms with E-state index in [0.717, 1.165) is 0 Å². The van der Waals surface area contributed by atoms with Gasteiger partial charge in [0.2, 0.25) is 0 Å². The maximum atomic E-state index is 12.8. The van der Waals surface area contributed by atoms with Crippen molar-refractivity contribution in [1.82, 2.24) is 9.97 Å². The summed E-state index contributed by atoms with van der Waals surface area (Å²) < 4.78 is 68.5. The number of aromatic nitrogens is 2. The Bertz CT molecular complexity index is 913. The summed E-state index contributed by atoms with van der Waals surface area (Å²) in [4.78, 5) is 7.40. The summed E-state index contributed by atoms with van der Waals surface area (Å²) in [6.07, 6.45) is -4.18. The van der Waals surface area contributed by atoms with Crippen molar-refractivity contribution in [2.75, 3.05) is 12.8 Å². The molecule has 0 amide bonds. The van der Waals surface area contributed by atoms with Crippen LogP contribution < -0.4 is 10.5 Å². The summed E-state index contributed by atoms with van der Waals surface area (Å²) in [5, 5.41) is -0.673. The highest BCUT2D eigenvalue weighted by Crippen LogP contribution is 2.32. The number of ether oxygens (including phenoxy) is 1. The Morgan fingerprint density at radius 2 is 1.92 bits per heavy atom. The SMILES string of the molecule is COc1ccc(S(=O)(=O)C(C)C)c(Cc2ncc(C(F)(F)F)c(N)n2)c1. The van der Waals surface area contributed by atoms with Crippen LogP contribution in [0.25, 0.3) is 0 Å². The highest BCUT2D eigenvalue weighted by Gasteiger charge is 2.34. The molecule has 26 heavy (non-hydrogen) atoms. The van der Waals surface area contributed by atoms with Gasteiger partial charge in [-0.2, -0.15) is 13.2 Å². The smallest absolute Gasteiger partial charge is 0.421 e. The second-order valence-electron chi connectivity index (χ2n) is 5.83. The van der Waals surface area contributed by atoms with Gasteiger partial charge in [0.1, 0.15) is 23.0 Å². The number of alkyl halides is 3. The molecule has 2 N–H and O–H groups in total. The molecule has 0 radical (unpaired) electrons. The minimum Gasteiger partial charge on any atom is -0.497 e. The van der Waals surface area contributed by atoms with Crippen LogP contribution in [-0.2, 0) is 22.4 Å². The summed E-state index contributed by atoms with van der Waals surface area (Å²) in [6.45, 7) is 3.08. The molecule has 2 rings (SSSR count). The zero-order valence-electron chi connectivity index (χ0n) is 14.3. The number of halogens is 3. The molecule has 0 fully saturated rings. The predicted molar refractivity (Wildman–Crippen MR) is 89.6 cm³/mol. The number of nitrogens with zero attached hydrogens (tertiary/aromatic N) is 2. The van der Waals surface area contributed by atoms with Crippen molar-refractivity contribution >= 4 is 15.7 Å². The zero-order valence-corrected chi connectivity index (χ0v) is 15.1. The molecule has 0 atom stereocenters. The van der Waals surface area contributed by atoms with Crippen molar-refractivity contribution in [1.29, 1.82) is 0 Å². The zero-order chi connectivity index (χ0) is 19.7. The van der Waals surface area contributed by atoms with Crippen LogP contribution >= 0.6 is 0 Å². The molecular formula is C16H18F3N3O3S. The molecule has 142 valence electrons. The molecule has 0 unspecified atom stereocenters. The van der Waals surface area contributed by atoms with E-state index in [1.807, 2.05) is 0 Å². The van der Waals surface area contributed by atoms with Crippen LogP contribution in [0.15, 0.2) is 29.3 Å². The van der Waals surface area contributed by atoms with Gasteiger partial charge in [-0.15, -0.1) is 0 Å². The van der Waals surface area contributed by atoms with Gasteiger partial charge in [-0.05, 0) is 37.6 Å². The first kappa shape index (κ1) is 20.0. The van der Waals surface area contributed by atoms with Crippen LogP contribution in [0.1, 0.15) is 30.8 Å². The van der Waals surface area contributed by atoms with Gasteiger partial charge < -0.3 is 10.5 Å². The number of methoxy groups -OCH3 is 1. The average Bonchev–Trinajstić information content (AvgIpc) is 2.53. The van der Waals surface area contributed by atoms with E-state index in [9.17, 15) is 21.6 Å². The van der Waals surface area contributed by atoms with E-state index < -0.39 is 32.6 Å². The molecule has 1 heterocycles. The van der Waals surface area contributed by atoms with Crippen molar-refractivity contribution in [3.63, 3.8) is 0 Å². The first-order valence-corrected chi connectivity index (χ1v) is 9.11. The Morgan fingerprint density at radius 3 is 2.42 bits per heavy atom. The summed E-state index contributed by atoms with van der Waals surface area (Å²) in [6, 6.07) is 4.39. The van der Waals surface area contributed by atoms with Gasteiger partial charge in [0.25, 0.3) is 0 Å². The monoisotopic (exact) mass is 389 g/mol. The fourth-order valence-electron chi connectivity index (χ4n) is 2.26. The maximum absolute atomic E-state index is 12.8. The minimum atomic E-state index is -4.66. The molecule has 6 nitrogen and oxygen atoms in total. The highest BCUT2D eigenvalue weighted by atomic mass is 32.2. The molecule has 0 aliphatic rings. The third-order valence-electron chi connectivity index (χ3n) is 3.72. The Morgan fingerprint density at radius 1 is 1.27 bits per heavy atom. The van der Waals surface area contributed by atoms with Gasteiger partial charge in [-0.25, -0.2) is 18.4 Å². The topological polar surface area (TPSA) is 95.2 Å². The van der Waals surface area contributed by atoms with Crippen molar-refractivity contribution in [3.05, 3.63) is 41.3 Å². The van der Waals surface area contributed by atoms with Gasteiger partial charge in [0, 0.05) is 12.6 Å². The van der Waals surface area contributed by atoms with Crippen LogP contribution in [0.4, 0.5) is 19.0 Å². The standard InChI is InChI=1S/C16H18F3N3O3S/c1-9(2)26(23,24)13-5-4-11(25-3)6-10(13)7-14-21-8-12(15(20)22-14)16(17,18)19/h4-6,8-9H,7H2,1-3H3,(H2,20,21,22). The Hall–Kier alpha value is -2.36. The molecule has 10 heteroatoms. The summed E-state index contributed by atoms with van der Waals surface area (Å²) in [5.74, 6) is -0.329. The third-order valence-corrected chi connectivity index (χ3v) is 5.97. The summed E-state index contributed by atoms with van der Waals surface area (Å²) >= 11 is 0. The van der Waals surface area contributed by atoms with Crippen molar-refractivity contribution in [3.8, 4) is 5.75 Å². The fraction of sp³-hybridized carbons (Fsp3) is 0.375. The highest BCUT2D eigenvalue weighted by molar-refractivity contribution is 7.92. The summed E-state index contributed by atoms with van der Waals surface area (Å²) in [5.41, 5.74) is 4.56. The van der Waals surface area contributed by atoms with Gasteiger partial charge >= 0.3 is 6.18 Å². The van der Waals surface area contributed by atoms with Crippen LogP contribution in [-0.4, -0.2) is 30.7 Å². The second kappa shape index (κ2) is 7.10. The lowest BCUT2D eigenvalue weighted by Gasteiger charge is -2.15. The van der Waals surface area contributed by atoms with E-state index in [-0.39, 0.29) is 17.1 Å². The van der Waals surface area contributed by atoms with E-state index in [2.05, 4.69) is 9.97 Å². The largest absolute Gasteiger partial charge is 0.497 e. The number of hydrogen-bond acceptors (Lipinski definition) is 6. The molecule has 0 aliphatic carbocycles. The van der Waals surface area contributed by atoms with Gasteiger partial charge in [0.05, 0.1) is 17.3 Å². The number of anilines is 1. The van der Waals surface area contributed by atoms with Crippen molar-refractivity contribution in [2.24, 2.45) is 0 Å². The molecule has 1 aromatic heterocycles. The number of sulfone groups is 1. The third kappa shape index (κ3) is 4.06. The molecule has 0 aliphatic heterocycles. The number of nitrogens with two attached hydrogens (primary N) is 1. The lowest BCUT2D eigenvalue weighted by Crippen LogP contribution is -2.17. The average molecular weight is 389 g/mol. The van der Waals surface area contributed by atoms with Gasteiger partial charge in [-0.1, -0.05) is 0 Å². The quantitative estimate of drug-likeness (QED) is 0.845. The van der Waals surface area contributed by atoms with Gasteiger partial charge in [0.15, 0.2) is 9.84 Å². The van der Waals surface area contributed by atoms with E-state index >= 15 is 0 Å². The molecular weight excluding hydrogens is 371 g/mol. The molecule has 1 aromatic carbocycles. The van der Waals surface area contributed by atoms with Crippen LogP contribution in [0.3, 0.4) is 0 Å². The minimum absolute atomic E-state index is 0.0241. The summed E-state index contributed by atoms with van der Waals surface area (Å²) in [7, 11) is -2.20. The number of rotatable bonds is 5. The molecule has 2 aromatic rings. The number of benzene rings is 1. The normalized spacial score (nSPS) is 12.4. The van der Waals surface area contributed by atoms with E-state index in [4.69, 9.17) is 10.5 Å². The van der Waals surface area contributed by atoms with E-state index in [1.165, 1.54) is 39.2 Å². The van der Waals surface area contributed by atoms with Crippen LogP contribution in [0.5, 0.6) is 5.75 Å². The van der Waals surface area contributed by atoms with Crippen LogP contribution in [0.2, 0.25) is 0 Å². The first-order valence-electron chi connectivity index (χ1n) is 7.56. The van der Waals surface area contributed by atoms with Crippen LogP contribution in [0, 0.1) is 0 Å². The molecule has 0 saturated carbocycles. The van der Waals surface area contributed by atoms with Crippen molar-refractivity contribution in [2.45, 2.75) is 36.6 Å². The Labute approximate surface area is 149 Å². The molecule has 0 spiro atoms. The van der Waals surface area contributed by atoms with Gasteiger partial charge in [-0.3, -0.25) is 0 Å². The van der Waals surface area contributed by atoms with Crippen molar-refractivity contribution < 1.29 is 26.3 Å². The predicted octanol–water partition coefficient (Wildman–Crippen LogP) is 2.86. The lowest BCUT2D eigenvalue weighted by molar-refractivity contribution is -0.137. The second-order valence-corrected chi connectivity index (χ2v) is 8.30. The molecule has 0 bridgehead atoms. The fourth-order valence-corrected chi connectivity index (χ4v) is 3.52. The lowest BCUT2D eigenvalue weighted by atomic mass is 10.1. The van der Waals surface area contributed by atoms with E-state index in [0.29, 0.717) is 17.5 Å². The Balaban J connectivity index is 2.51. The molecule has 0 saturated heterocycles. The maximum Gasteiger partial charge on any atom is 0.421 e. The van der Waals surface area contributed by atoms with E-state index in [1.54, 1.807) is 0 Å². The number of nitrogen functional groups attached to an aromatic ring is 1. The Kier molecular flexibility index (Phi) is 5.45. The first-order chi connectivity index (χ1) is 12.0. The number of hydrogen-bond donors (Lipinski definition) is 1.